The number of nitrogens with zero attached hydrogens (tertiary/aromatic N) is 1. The molecule has 0 amide bonds. The monoisotopic (exact) mass is 240 g/mol. The molecule has 0 unspecified atom stereocenters. The normalized spacial score (nSPS) is 11.2. The molecule has 1 rings (SSSR count). The van der Waals surface area contributed by atoms with E-state index in [9.17, 15) is 0 Å². The van der Waals surface area contributed by atoms with Gasteiger partial charge in [0, 0.05) is 18.0 Å². The van der Waals surface area contributed by atoms with Crippen molar-refractivity contribution in [2.24, 2.45) is 0 Å². The fourth-order valence-electron chi connectivity index (χ4n) is 1.89. The Kier molecular flexibility index (Phi) is 6.65. The molecule has 92 valence electrons. The number of nitrogens with one attached hydrogen (secondary N) is 1. The summed E-state index contributed by atoms with van der Waals surface area (Å²) in [7, 11) is 0. The fourth-order valence-corrected chi connectivity index (χ4v) is 2.63. The van der Waals surface area contributed by atoms with Crippen molar-refractivity contribution in [3.8, 4) is 0 Å². The van der Waals surface area contributed by atoms with Gasteiger partial charge < -0.3 is 5.32 Å². The minimum Gasteiger partial charge on any atom is -0.308 e. The Balaban J connectivity index is 2.35. The summed E-state index contributed by atoms with van der Waals surface area (Å²) in [6.07, 6.45) is 6.12. The van der Waals surface area contributed by atoms with Crippen molar-refractivity contribution >= 4 is 11.3 Å². The molecule has 0 aliphatic heterocycles. The van der Waals surface area contributed by atoms with Gasteiger partial charge in [-0.1, -0.05) is 33.6 Å². The highest BCUT2D eigenvalue weighted by atomic mass is 32.1. The summed E-state index contributed by atoms with van der Waals surface area (Å²) in [4.78, 5) is 4.58. The van der Waals surface area contributed by atoms with E-state index in [1.165, 1.54) is 36.4 Å². The lowest BCUT2D eigenvalue weighted by molar-refractivity contribution is 0.441. The van der Waals surface area contributed by atoms with Crippen LogP contribution in [0.4, 0.5) is 0 Å². The van der Waals surface area contributed by atoms with E-state index in [1.807, 2.05) is 0 Å². The molecule has 0 atom stereocenters. The molecule has 0 saturated heterocycles. The Hall–Kier alpha value is -0.410. The molecule has 0 fully saturated rings. The first kappa shape index (κ1) is 13.7. The topological polar surface area (TPSA) is 24.9 Å². The van der Waals surface area contributed by atoms with Crippen LogP contribution in [0.1, 0.15) is 57.2 Å². The summed E-state index contributed by atoms with van der Waals surface area (Å²) < 4.78 is 0. The van der Waals surface area contributed by atoms with Crippen LogP contribution in [0.3, 0.4) is 0 Å². The molecule has 0 radical (unpaired) electrons. The summed E-state index contributed by atoms with van der Waals surface area (Å²) in [6, 6.07) is 0.668. The van der Waals surface area contributed by atoms with E-state index in [0.717, 1.165) is 13.0 Å². The molecule has 1 aromatic heterocycles. The van der Waals surface area contributed by atoms with E-state index < -0.39 is 0 Å². The van der Waals surface area contributed by atoms with Gasteiger partial charge in [0.1, 0.15) is 0 Å². The number of aromatic nitrogens is 1. The third-order valence-electron chi connectivity index (χ3n) is 2.75. The van der Waals surface area contributed by atoms with Gasteiger partial charge in [0.25, 0.3) is 0 Å². The second-order valence-corrected chi connectivity index (χ2v) is 5.18. The molecular formula is C13H24N2S. The highest BCUT2D eigenvalue weighted by molar-refractivity contribution is 7.09. The lowest BCUT2D eigenvalue weighted by Gasteiger charge is -2.16. The van der Waals surface area contributed by atoms with Crippen molar-refractivity contribution in [1.29, 1.82) is 0 Å². The van der Waals surface area contributed by atoms with Gasteiger partial charge in [0.05, 0.1) is 10.7 Å². The smallest absolute Gasteiger partial charge is 0.0926 e. The number of rotatable bonds is 8. The summed E-state index contributed by atoms with van der Waals surface area (Å²) in [5, 5.41) is 7.05. The van der Waals surface area contributed by atoms with E-state index in [-0.39, 0.29) is 0 Å². The van der Waals surface area contributed by atoms with E-state index >= 15 is 0 Å². The molecule has 0 aromatic carbocycles. The predicted molar refractivity (Wildman–Crippen MR) is 71.9 cm³/mol. The third-order valence-corrected chi connectivity index (χ3v) is 3.79. The van der Waals surface area contributed by atoms with E-state index in [0.29, 0.717) is 6.04 Å². The van der Waals surface area contributed by atoms with Gasteiger partial charge in [-0.3, -0.25) is 0 Å². The number of hydrogen-bond donors (Lipinski definition) is 1. The zero-order valence-corrected chi connectivity index (χ0v) is 11.6. The maximum absolute atomic E-state index is 4.58. The Morgan fingerprint density at radius 3 is 2.44 bits per heavy atom. The molecule has 1 heterocycles. The van der Waals surface area contributed by atoms with Gasteiger partial charge in [0.15, 0.2) is 0 Å². The number of aryl methyl sites for hydroxylation is 1. The minimum atomic E-state index is 0.668. The molecule has 16 heavy (non-hydrogen) atoms. The zero-order valence-electron chi connectivity index (χ0n) is 10.8. The van der Waals surface area contributed by atoms with Crippen LogP contribution in [0, 0.1) is 0 Å². The third kappa shape index (κ3) is 4.62. The van der Waals surface area contributed by atoms with Crippen LogP contribution in [0.5, 0.6) is 0 Å². The first-order valence-electron chi connectivity index (χ1n) is 6.46. The average molecular weight is 240 g/mol. The van der Waals surface area contributed by atoms with Crippen LogP contribution in [0.15, 0.2) is 5.38 Å². The van der Waals surface area contributed by atoms with Crippen molar-refractivity contribution in [1.82, 2.24) is 10.3 Å². The number of hydrogen-bond acceptors (Lipinski definition) is 3. The van der Waals surface area contributed by atoms with Crippen LogP contribution >= 0.6 is 11.3 Å². The van der Waals surface area contributed by atoms with Gasteiger partial charge in [-0.15, -0.1) is 11.3 Å². The van der Waals surface area contributed by atoms with Crippen LogP contribution in [0.25, 0.3) is 0 Å². The molecule has 0 bridgehead atoms. The van der Waals surface area contributed by atoms with Gasteiger partial charge in [-0.05, 0) is 19.3 Å². The molecule has 0 aliphatic carbocycles. The Bertz CT molecular complexity index is 277. The molecule has 0 spiro atoms. The second-order valence-electron chi connectivity index (χ2n) is 4.24. The zero-order chi connectivity index (χ0) is 11.8. The van der Waals surface area contributed by atoms with E-state index in [2.05, 4.69) is 36.5 Å². The largest absolute Gasteiger partial charge is 0.308 e. The van der Waals surface area contributed by atoms with Gasteiger partial charge >= 0.3 is 0 Å². The molecule has 0 saturated carbocycles. The van der Waals surface area contributed by atoms with Crippen LogP contribution in [-0.2, 0) is 13.0 Å². The lowest BCUT2D eigenvalue weighted by atomic mass is 10.1. The molecule has 3 heteroatoms. The summed E-state index contributed by atoms with van der Waals surface area (Å²) in [5.41, 5.74) is 1.21. The minimum absolute atomic E-state index is 0.668. The Morgan fingerprint density at radius 2 is 1.94 bits per heavy atom. The average Bonchev–Trinajstić information content (AvgIpc) is 2.74. The predicted octanol–water partition coefficient (Wildman–Crippen LogP) is 3.76. The summed E-state index contributed by atoms with van der Waals surface area (Å²) in [5.74, 6) is 0. The van der Waals surface area contributed by atoms with Crippen LogP contribution in [0.2, 0.25) is 0 Å². The molecule has 0 aliphatic rings. The van der Waals surface area contributed by atoms with Crippen molar-refractivity contribution in [2.75, 3.05) is 0 Å². The van der Waals surface area contributed by atoms with Crippen LogP contribution < -0.4 is 5.32 Å². The molecule has 2 nitrogen and oxygen atoms in total. The van der Waals surface area contributed by atoms with Crippen molar-refractivity contribution < 1.29 is 0 Å². The van der Waals surface area contributed by atoms with Gasteiger partial charge in [0.2, 0.25) is 0 Å². The number of thiazole rings is 1. The molecular weight excluding hydrogens is 216 g/mol. The maximum atomic E-state index is 4.58. The maximum Gasteiger partial charge on any atom is 0.0926 e. The molecule has 1 aromatic rings. The van der Waals surface area contributed by atoms with Gasteiger partial charge in [-0.2, -0.15) is 0 Å². The quantitative estimate of drug-likeness (QED) is 0.748. The Labute approximate surface area is 103 Å². The van der Waals surface area contributed by atoms with Crippen LogP contribution in [-0.4, -0.2) is 11.0 Å². The summed E-state index contributed by atoms with van der Waals surface area (Å²) in [6.45, 7) is 7.60. The standard InChI is InChI=1S/C13H24N2S/c1-4-7-11(8-5-2)14-9-12-10-16-13(6-3)15-12/h10-11,14H,4-9H2,1-3H3. The fraction of sp³-hybridized carbons (Fsp3) is 0.769. The van der Waals surface area contributed by atoms with E-state index in [4.69, 9.17) is 0 Å². The second kappa shape index (κ2) is 7.80. The first-order valence-corrected chi connectivity index (χ1v) is 7.34. The van der Waals surface area contributed by atoms with Crippen molar-refractivity contribution in [3.05, 3.63) is 16.1 Å². The van der Waals surface area contributed by atoms with Crippen molar-refractivity contribution in [3.63, 3.8) is 0 Å². The molecule has 1 N–H and O–H groups in total. The highest BCUT2D eigenvalue weighted by Gasteiger charge is 2.07. The highest BCUT2D eigenvalue weighted by Crippen LogP contribution is 2.11. The lowest BCUT2D eigenvalue weighted by Crippen LogP contribution is -2.28. The van der Waals surface area contributed by atoms with Gasteiger partial charge in [-0.25, -0.2) is 4.98 Å². The SMILES string of the molecule is CCCC(CCC)NCc1csc(CC)n1. The first-order chi connectivity index (χ1) is 7.80. The summed E-state index contributed by atoms with van der Waals surface area (Å²) >= 11 is 1.78. The van der Waals surface area contributed by atoms with E-state index in [1.54, 1.807) is 11.3 Å². The van der Waals surface area contributed by atoms with Crippen molar-refractivity contribution in [2.45, 2.75) is 65.5 Å². The Morgan fingerprint density at radius 1 is 1.25 bits per heavy atom.